The molecule has 0 radical (unpaired) electrons. The molecular weight excluding hydrogens is 240 g/mol. The second kappa shape index (κ2) is 5.43. The molecule has 1 N–H and O–H groups in total. The van der Waals surface area contributed by atoms with Crippen molar-refractivity contribution in [3.63, 3.8) is 0 Å². The minimum absolute atomic E-state index is 0.0144. The summed E-state index contributed by atoms with van der Waals surface area (Å²) in [7, 11) is 0. The zero-order valence-corrected chi connectivity index (χ0v) is 11.5. The van der Waals surface area contributed by atoms with E-state index in [0.717, 1.165) is 18.4 Å². The molecular formula is C15H20N2O2. The highest BCUT2D eigenvalue weighted by atomic mass is 16.2. The van der Waals surface area contributed by atoms with Crippen LogP contribution in [0, 0.1) is 0 Å². The molecule has 1 aliphatic rings. The number of carbonyl (C=O) groups excluding carboxylic acids is 2. The van der Waals surface area contributed by atoms with Crippen molar-refractivity contribution in [1.82, 2.24) is 10.2 Å². The number of hydrogen-bond donors (Lipinski definition) is 1. The topological polar surface area (TPSA) is 49.4 Å². The van der Waals surface area contributed by atoms with E-state index in [-0.39, 0.29) is 18.4 Å². The van der Waals surface area contributed by atoms with Crippen molar-refractivity contribution in [2.75, 3.05) is 13.1 Å². The lowest BCUT2D eigenvalue weighted by molar-refractivity contribution is -0.153. The van der Waals surface area contributed by atoms with E-state index in [9.17, 15) is 9.59 Å². The lowest BCUT2D eigenvalue weighted by atomic mass is 9.87. The number of hydrogen-bond acceptors (Lipinski definition) is 2. The first-order chi connectivity index (χ1) is 9.10. The number of benzene rings is 1. The first kappa shape index (κ1) is 13.6. The van der Waals surface area contributed by atoms with Gasteiger partial charge in [-0.1, -0.05) is 43.7 Å². The summed E-state index contributed by atoms with van der Waals surface area (Å²) in [4.78, 5) is 26.2. The Morgan fingerprint density at radius 3 is 2.58 bits per heavy atom. The summed E-state index contributed by atoms with van der Waals surface area (Å²) in [6.07, 6.45) is 1.90. The van der Waals surface area contributed by atoms with E-state index in [4.69, 9.17) is 0 Å². The Balaban J connectivity index is 2.40. The van der Waals surface area contributed by atoms with Gasteiger partial charge in [0.2, 0.25) is 5.91 Å². The predicted octanol–water partition coefficient (Wildman–Crippen LogP) is 1.66. The maximum Gasteiger partial charge on any atom is 0.250 e. The molecule has 0 saturated carbocycles. The van der Waals surface area contributed by atoms with Crippen LogP contribution in [0.15, 0.2) is 30.3 Å². The average molecular weight is 260 g/mol. The highest BCUT2D eigenvalue weighted by Gasteiger charge is 2.46. The molecule has 0 bridgehead atoms. The summed E-state index contributed by atoms with van der Waals surface area (Å²) < 4.78 is 0. The molecule has 1 heterocycles. The summed E-state index contributed by atoms with van der Waals surface area (Å²) >= 11 is 0. The Morgan fingerprint density at radius 1 is 1.26 bits per heavy atom. The standard InChI is InChI=1S/C15H20N2O2/c1-3-4-10-17-13(18)11-16-14(19)15(17,2)12-8-6-5-7-9-12/h5-9H,3-4,10-11H2,1-2H3,(H,16,19). The minimum Gasteiger partial charge on any atom is -0.345 e. The second-order valence-corrected chi connectivity index (χ2v) is 5.02. The number of rotatable bonds is 4. The van der Waals surface area contributed by atoms with Gasteiger partial charge in [0.05, 0.1) is 6.54 Å². The molecule has 2 rings (SSSR count). The second-order valence-electron chi connectivity index (χ2n) is 5.02. The van der Waals surface area contributed by atoms with Crippen molar-refractivity contribution in [2.24, 2.45) is 0 Å². The Labute approximate surface area is 113 Å². The van der Waals surface area contributed by atoms with Crippen molar-refractivity contribution in [3.8, 4) is 0 Å². The van der Waals surface area contributed by atoms with Crippen LogP contribution in [0.3, 0.4) is 0 Å². The van der Waals surface area contributed by atoms with Crippen molar-refractivity contribution >= 4 is 11.8 Å². The van der Waals surface area contributed by atoms with Crippen LogP contribution in [0.4, 0.5) is 0 Å². The molecule has 4 nitrogen and oxygen atoms in total. The normalized spacial score (nSPS) is 23.4. The van der Waals surface area contributed by atoms with Gasteiger partial charge in [-0.25, -0.2) is 0 Å². The third-order valence-electron chi connectivity index (χ3n) is 3.75. The van der Waals surface area contributed by atoms with Gasteiger partial charge in [0.1, 0.15) is 5.54 Å². The van der Waals surface area contributed by atoms with Crippen LogP contribution in [0.1, 0.15) is 32.3 Å². The van der Waals surface area contributed by atoms with Crippen LogP contribution >= 0.6 is 0 Å². The van der Waals surface area contributed by atoms with E-state index in [1.165, 1.54) is 0 Å². The zero-order chi connectivity index (χ0) is 13.9. The Bertz CT molecular complexity index is 472. The maximum absolute atomic E-state index is 12.3. The van der Waals surface area contributed by atoms with E-state index in [1.807, 2.05) is 37.3 Å². The summed E-state index contributed by atoms with van der Waals surface area (Å²) in [5.41, 5.74) is -0.0390. The van der Waals surface area contributed by atoms with Crippen LogP contribution in [0.5, 0.6) is 0 Å². The van der Waals surface area contributed by atoms with E-state index < -0.39 is 5.54 Å². The van der Waals surface area contributed by atoms with E-state index in [1.54, 1.807) is 4.90 Å². The fraction of sp³-hybridized carbons (Fsp3) is 0.467. The molecule has 4 heteroatoms. The van der Waals surface area contributed by atoms with Crippen LogP contribution in [0.25, 0.3) is 0 Å². The average Bonchev–Trinajstić information content (AvgIpc) is 2.44. The van der Waals surface area contributed by atoms with Crippen LogP contribution in [-0.2, 0) is 15.1 Å². The van der Waals surface area contributed by atoms with Crippen molar-refractivity contribution in [3.05, 3.63) is 35.9 Å². The summed E-state index contributed by atoms with van der Waals surface area (Å²) in [6.45, 7) is 4.62. The smallest absolute Gasteiger partial charge is 0.250 e. The van der Waals surface area contributed by atoms with Crippen LogP contribution < -0.4 is 5.32 Å². The molecule has 2 amide bonds. The van der Waals surface area contributed by atoms with Gasteiger partial charge < -0.3 is 10.2 Å². The number of nitrogens with one attached hydrogen (secondary N) is 1. The van der Waals surface area contributed by atoms with Crippen molar-refractivity contribution in [1.29, 1.82) is 0 Å². The number of carbonyl (C=O) groups is 2. The summed E-state index contributed by atoms with van der Waals surface area (Å²) in [6, 6.07) is 9.50. The number of nitrogens with zero attached hydrogens (tertiary/aromatic N) is 1. The number of piperazine rings is 1. The SMILES string of the molecule is CCCCN1C(=O)CNC(=O)C1(C)c1ccccc1. The van der Waals surface area contributed by atoms with Gasteiger partial charge in [-0.2, -0.15) is 0 Å². The molecule has 1 aromatic carbocycles. The molecule has 1 fully saturated rings. The zero-order valence-electron chi connectivity index (χ0n) is 11.5. The number of unbranched alkanes of at least 4 members (excludes halogenated alkanes) is 1. The van der Waals surface area contributed by atoms with Gasteiger partial charge in [0.25, 0.3) is 5.91 Å². The van der Waals surface area contributed by atoms with Gasteiger partial charge in [-0.15, -0.1) is 0 Å². The largest absolute Gasteiger partial charge is 0.345 e. The predicted molar refractivity (Wildman–Crippen MR) is 73.4 cm³/mol. The van der Waals surface area contributed by atoms with E-state index in [2.05, 4.69) is 12.2 Å². The quantitative estimate of drug-likeness (QED) is 0.895. The third kappa shape index (κ3) is 2.35. The third-order valence-corrected chi connectivity index (χ3v) is 3.75. The van der Waals surface area contributed by atoms with Crippen LogP contribution in [-0.4, -0.2) is 29.8 Å². The fourth-order valence-corrected chi connectivity index (χ4v) is 2.51. The lowest BCUT2D eigenvalue weighted by Gasteiger charge is -2.43. The monoisotopic (exact) mass is 260 g/mol. The van der Waals surface area contributed by atoms with E-state index in [0.29, 0.717) is 6.54 Å². The van der Waals surface area contributed by atoms with Gasteiger partial charge >= 0.3 is 0 Å². The van der Waals surface area contributed by atoms with Gasteiger partial charge in [0, 0.05) is 6.54 Å². The Hall–Kier alpha value is -1.84. The molecule has 0 aromatic heterocycles. The molecule has 1 atom stereocenters. The van der Waals surface area contributed by atoms with Gasteiger partial charge in [-0.05, 0) is 18.9 Å². The lowest BCUT2D eigenvalue weighted by Crippen LogP contribution is -2.63. The number of amides is 2. The molecule has 1 saturated heterocycles. The molecule has 1 aliphatic heterocycles. The molecule has 1 aromatic rings. The molecule has 0 aliphatic carbocycles. The first-order valence-corrected chi connectivity index (χ1v) is 6.75. The van der Waals surface area contributed by atoms with Crippen LogP contribution in [0.2, 0.25) is 0 Å². The Morgan fingerprint density at radius 2 is 1.95 bits per heavy atom. The van der Waals surface area contributed by atoms with Crippen molar-refractivity contribution < 1.29 is 9.59 Å². The molecule has 0 spiro atoms. The van der Waals surface area contributed by atoms with Gasteiger partial charge in [0.15, 0.2) is 0 Å². The molecule has 102 valence electrons. The summed E-state index contributed by atoms with van der Waals surface area (Å²) in [5.74, 6) is -0.117. The maximum atomic E-state index is 12.3. The van der Waals surface area contributed by atoms with Gasteiger partial charge in [-0.3, -0.25) is 9.59 Å². The van der Waals surface area contributed by atoms with Crippen molar-refractivity contribution in [2.45, 2.75) is 32.2 Å². The fourth-order valence-electron chi connectivity index (χ4n) is 2.51. The highest BCUT2D eigenvalue weighted by molar-refractivity contribution is 5.98. The minimum atomic E-state index is -0.897. The van der Waals surface area contributed by atoms with E-state index >= 15 is 0 Å². The Kier molecular flexibility index (Phi) is 3.88. The molecule has 19 heavy (non-hydrogen) atoms. The summed E-state index contributed by atoms with van der Waals surface area (Å²) in [5, 5.41) is 2.70. The highest BCUT2D eigenvalue weighted by Crippen LogP contribution is 2.31. The first-order valence-electron chi connectivity index (χ1n) is 6.75. The molecule has 1 unspecified atom stereocenters.